The van der Waals surface area contributed by atoms with Crippen molar-refractivity contribution >= 4 is 70.8 Å². The van der Waals surface area contributed by atoms with Gasteiger partial charge in [-0.25, -0.2) is 4.98 Å². The minimum atomic E-state index is -0.174. The van der Waals surface area contributed by atoms with Crippen molar-refractivity contribution in [2.24, 2.45) is 0 Å². The third kappa shape index (κ3) is 4.08. The van der Waals surface area contributed by atoms with Gasteiger partial charge in [0.25, 0.3) is 5.56 Å². The maximum atomic E-state index is 13.3. The molecule has 1 aromatic heterocycles. The smallest absolute Gasteiger partial charge is 0.266 e. The standard InChI is InChI=1S/C22H13Br3N2O2/c23-14-7-9-20(28)13(11-14)5-10-21-26-18-4-2-1-3-16(18)22(29)27(21)19-12-15(24)6-8-17(19)25/h1-12,28H. The Hall–Kier alpha value is -2.22. The van der Waals surface area contributed by atoms with Crippen LogP contribution in [0.2, 0.25) is 0 Å². The first-order valence-electron chi connectivity index (χ1n) is 8.58. The van der Waals surface area contributed by atoms with Gasteiger partial charge in [-0.05, 0) is 76.6 Å². The fourth-order valence-corrected chi connectivity index (χ4v) is 4.13. The molecule has 4 rings (SSSR count). The Kier molecular flexibility index (Phi) is 5.72. The zero-order valence-electron chi connectivity index (χ0n) is 14.8. The van der Waals surface area contributed by atoms with Gasteiger partial charge < -0.3 is 5.11 Å². The first-order chi connectivity index (χ1) is 13.9. The summed E-state index contributed by atoms with van der Waals surface area (Å²) in [7, 11) is 0. The Morgan fingerprint density at radius 1 is 0.897 bits per heavy atom. The van der Waals surface area contributed by atoms with Gasteiger partial charge in [-0.15, -0.1) is 0 Å². The van der Waals surface area contributed by atoms with E-state index in [9.17, 15) is 9.90 Å². The third-order valence-corrected chi connectivity index (χ3v) is 6.01. The minimum absolute atomic E-state index is 0.141. The monoisotopic (exact) mass is 574 g/mol. The Labute approximate surface area is 191 Å². The maximum absolute atomic E-state index is 13.3. The van der Waals surface area contributed by atoms with Gasteiger partial charge in [0.2, 0.25) is 0 Å². The number of phenols is 1. The summed E-state index contributed by atoms with van der Waals surface area (Å²) in [5, 5.41) is 10.7. The summed E-state index contributed by atoms with van der Waals surface area (Å²) in [6, 6.07) is 18.0. The number of hydrogen-bond acceptors (Lipinski definition) is 3. The summed E-state index contributed by atoms with van der Waals surface area (Å²) >= 11 is 10.4. The van der Waals surface area contributed by atoms with E-state index in [-0.39, 0.29) is 11.3 Å². The Balaban J connectivity index is 2.00. The molecule has 1 N–H and O–H groups in total. The van der Waals surface area contributed by atoms with E-state index in [2.05, 4.69) is 47.8 Å². The van der Waals surface area contributed by atoms with Gasteiger partial charge in [0.05, 0.1) is 16.6 Å². The molecule has 0 spiro atoms. The van der Waals surface area contributed by atoms with E-state index >= 15 is 0 Å². The Morgan fingerprint density at radius 2 is 1.62 bits per heavy atom. The highest BCUT2D eigenvalue weighted by Gasteiger charge is 2.14. The topological polar surface area (TPSA) is 55.1 Å². The molecule has 0 atom stereocenters. The van der Waals surface area contributed by atoms with E-state index in [1.165, 1.54) is 0 Å². The van der Waals surface area contributed by atoms with Crippen LogP contribution in [-0.4, -0.2) is 14.7 Å². The van der Waals surface area contributed by atoms with Crippen molar-refractivity contribution in [1.29, 1.82) is 0 Å². The third-order valence-electron chi connectivity index (χ3n) is 4.35. The van der Waals surface area contributed by atoms with Crippen LogP contribution >= 0.6 is 47.8 Å². The predicted octanol–water partition coefficient (Wildman–Crippen LogP) is 6.55. The quantitative estimate of drug-likeness (QED) is 0.301. The van der Waals surface area contributed by atoms with E-state index < -0.39 is 0 Å². The highest BCUT2D eigenvalue weighted by atomic mass is 79.9. The van der Waals surface area contributed by atoms with Gasteiger partial charge in [-0.2, -0.15) is 0 Å². The average molecular weight is 577 g/mol. The molecule has 0 fully saturated rings. The predicted molar refractivity (Wildman–Crippen MR) is 127 cm³/mol. The molecule has 0 saturated heterocycles. The average Bonchev–Trinajstić information content (AvgIpc) is 2.71. The van der Waals surface area contributed by atoms with Crippen LogP contribution in [0.5, 0.6) is 5.75 Å². The number of benzene rings is 3. The molecule has 0 aliphatic rings. The highest BCUT2D eigenvalue weighted by molar-refractivity contribution is 9.11. The molecule has 0 unspecified atom stereocenters. The lowest BCUT2D eigenvalue weighted by atomic mass is 10.2. The summed E-state index contributed by atoms with van der Waals surface area (Å²) in [4.78, 5) is 18.0. The van der Waals surface area contributed by atoms with Gasteiger partial charge in [0, 0.05) is 19.0 Å². The first-order valence-corrected chi connectivity index (χ1v) is 11.0. The van der Waals surface area contributed by atoms with Crippen LogP contribution in [-0.2, 0) is 0 Å². The summed E-state index contributed by atoms with van der Waals surface area (Å²) in [6.07, 6.45) is 3.46. The second-order valence-electron chi connectivity index (χ2n) is 6.26. The van der Waals surface area contributed by atoms with Crippen molar-refractivity contribution in [1.82, 2.24) is 9.55 Å². The van der Waals surface area contributed by atoms with E-state index in [0.29, 0.717) is 28.0 Å². The molecule has 7 heteroatoms. The van der Waals surface area contributed by atoms with E-state index in [1.807, 2.05) is 36.4 Å². The summed E-state index contributed by atoms with van der Waals surface area (Å²) < 4.78 is 4.01. The largest absolute Gasteiger partial charge is 0.507 e. The van der Waals surface area contributed by atoms with Crippen LogP contribution in [0.25, 0.3) is 28.7 Å². The Bertz CT molecular complexity index is 1330. The van der Waals surface area contributed by atoms with Crippen LogP contribution < -0.4 is 5.56 Å². The molecule has 0 aliphatic heterocycles. The van der Waals surface area contributed by atoms with Gasteiger partial charge in [-0.3, -0.25) is 9.36 Å². The van der Waals surface area contributed by atoms with Crippen LogP contribution in [0.3, 0.4) is 0 Å². The molecule has 29 heavy (non-hydrogen) atoms. The number of para-hydroxylation sites is 1. The molecule has 3 aromatic carbocycles. The number of aromatic nitrogens is 2. The molecule has 0 aliphatic carbocycles. The van der Waals surface area contributed by atoms with Gasteiger partial charge in [0.1, 0.15) is 11.6 Å². The van der Waals surface area contributed by atoms with Crippen LogP contribution in [0, 0.1) is 0 Å². The Morgan fingerprint density at radius 3 is 2.45 bits per heavy atom. The fourth-order valence-electron chi connectivity index (χ4n) is 2.97. The summed E-state index contributed by atoms with van der Waals surface area (Å²) in [5.74, 6) is 0.592. The zero-order chi connectivity index (χ0) is 20.5. The lowest BCUT2D eigenvalue weighted by molar-refractivity contribution is 0.474. The lowest BCUT2D eigenvalue weighted by Crippen LogP contribution is -2.22. The van der Waals surface area contributed by atoms with E-state index in [4.69, 9.17) is 4.98 Å². The molecular weight excluding hydrogens is 564 g/mol. The first kappa shape index (κ1) is 20.1. The minimum Gasteiger partial charge on any atom is -0.507 e. The molecule has 0 amide bonds. The molecular formula is C22H13Br3N2O2. The number of rotatable bonds is 3. The van der Waals surface area contributed by atoms with Crippen molar-refractivity contribution in [3.05, 3.63) is 95.8 Å². The molecule has 144 valence electrons. The zero-order valence-corrected chi connectivity index (χ0v) is 19.6. The van der Waals surface area contributed by atoms with Crippen molar-refractivity contribution in [3.63, 3.8) is 0 Å². The molecule has 0 radical (unpaired) electrons. The number of phenolic OH excluding ortho intramolecular Hbond substituents is 1. The van der Waals surface area contributed by atoms with Crippen molar-refractivity contribution < 1.29 is 5.11 Å². The second-order valence-corrected chi connectivity index (χ2v) is 8.95. The van der Waals surface area contributed by atoms with E-state index in [0.717, 1.165) is 13.4 Å². The fraction of sp³-hybridized carbons (Fsp3) is 0. The number of halogens is 3. The van der Waals surface area contributed by atoms with Gasteiger partial charge in [-0.1, -0.05) is 44.0 Å². The molecule has 0 bridgehead atoms. The van der Waals surface area contributed by atoms with Crippen LogP contribution in [0.4, 0.5) is 0 Å². The number of hydrogen-bond donors (Lipinski definition) is 1. The number of fused-ring (bicyclic) bond motifs is 1. The molecule has 1 heterocycles. The normalized spacial score (nSPS) is 11.4. The van der Waals surface area contributed by atoms with Crippen molar-refractivity contribution in [2.45, 2.75) is 0 Å². The molecule has 4 aromatic rings. The number of nitrogens with zero attached hydrogens (tertiary/aromatic N) is 2. The maximum Gasteiger partial charge on any atom is 0.266 e. The van der Waals surface area contributed by atoms with Crippen LogP contribution in [0.1, 0.15) is 11.4 Å². The van der Waals surface area contributed by atoms with Gasteiger partial charge >= 0.3 is 0 Å². The SMILES string of the molecule is O=c1c2ccccc2nc(C=Cc2cc(Br)ccc2O)n1-c1cc(Br)ccc1Br. The molecule has 4 nitrogen and oxygen atoms in total. The van der Waals surface area contributed by atoms with Crippen LogP contribution in [0.15, 0.2) is 78.9 Å². The summed E-state index contributed by atoms with van der Waals surface area (Å²) in [5.41, 5.74) is 1.72. The van der Waals surface area contributed by atoms with E-state index in [1.54, 1.807) is 41.0 Å². The lowest BCUT2D eigenvalue weighted by Gasteiger charge is -2.13. The molecule has 0 saturated carbocycles. The van der Waals surface area contributed by atoms with Gasteiger partial charge in [0.15, 0.2) is 0 Å². The number of aromatic hydroxyl groups is 1. The second kappa shape index (κ2) is 8.26. The van der Waals surface area contributed by atoms with Crippen molar-refractivity contribution in [2.75, 3.05) is 0 Å². The highest BCUT2D eigenvalue weighted by Crippen LogP contribution is 2.27. The van der Waals surface area contributed by atoms with Crippen molar-refractivity contribution in [3.8, 4) is 11.4 Å². The summed E-state index contributed by atoms with van der Waals surface area (Å²) in [6.45, 7) is 0.